The molecule has 3 heterocycles. The summed E-state index contributed by atoms with van der Waals surface area (Å²) >= 11 is 0. The second-order valence-electron chi connectivity index (χ2n) is 11.8. The monoisotopic (exact) mass is 581 g/mol. The molecule has 8 nitrogen and oxygen atoms in total. The minimum atomic E-state index is -2.98. The van der Waals surface area contributed by atoms with E-state index < -0.39 is 53.3 Å². The van der Waals surface area contributed by atoms with Crippen LogP contribution in [0.2, 0.25) is 22.2 Å². The van der Waals surface area contributed by atoms with Crippen LogP contribution in [0.5, 0.6) is 0 Å². The van der Waals surface area contributed by atoms with Crippen LogP contribution in [0.15, 0.2) is 18.5 Å². The minimum Gasteiger partial charge on any atom is -0.414 e. The zero-order valence-corrected chi connectivity index (χ0v) is 26.1. The second kappa shape index (κ2) is 11.6. The van der Waals surface area contributed by atoms with E-state index in [0.717, 1.165) is 6.07 Å². The normalized spacial score (nSPS) is 26.8. The molecular weight excluding hydrogens is 540 g/mol. The van der Waals surface area contributed by atoms with Gasteiger partial charge in [-0.1, -0.05) is 55.4 Å². The molecule has 2 aliphatic rings. The number of fused-ring (bicyclic) bond motifs is 2. The molecule has 2 aromatic rings. The van der Waals surface area contributed by atoms with E-state index in [0.29, 0.717) is 0 Å². The van der Waals surface area contributed by atoms with Crippen molar-refractivity contribution in [2.75, 3.05) is 13.2 Å². The molecule has 0 saturated carbocycles. The van der Waals surface area contributed by atoms with Gasteiger partial charge in [0.15, 0.2) is 12.0 Å². The molecule has 12 heteroatoms. The van der Waals surface area contributed by atoms with Gasteiger partial charge in [0, 0.05) is 12.1 Å². The highest BCUT2D eigenvalue weighted by atomic mass is 28.5. The molecule has 0 bridgehead atoms. The van der Waals surface area contributed by atoms with Crippen LogP contribution in [-0.4, -0.2) is 58.2 Å². The number of hydrogen-bond acceptors (Lipinski definition) is 7. The van der Waals surface area contributed by atoms with E-state index in [1.807, 2.05) is 0 Å². The third-order valence-electron chi connectivity index (χ3n) is 8.01. The van der Waals surface area contributed by atoms with Crippen LogP contribution in [-0.2, 0) is 22.4 Å². The number of nitriles is 1. The van der Waals surface area contributed by atoms with Crippen molar-refractivity contribution in [1.82, 2.24) is 9.55 Å². The Morgan fingerprint density at radius 3 is 2.28 bits per heavy atom. The Balaban J connectivity index is 1.84. The topological polar surface area (TPSA) is 87.8 Å². The van der Waals surface area contributed by atoms with Gasteiger partial charge in [-0.25, -0.2) is 13.8 Å². The van der Waals surface area contributed by atoms with E-state index in [4.69, 9.17) is 22.4 Å². The van der Waals surface area contributed by atoms with Gasteiger partial charge in [-0.05, 0) is 22.2 Å². The number of imidazole rings is 1. The Kier molecular flexibility index (Phi) is 9.02. The molecule has 0 aliphatic carbocycles. The van der Waals surface area contributed by atoms with Crippen molar-refractivity contribution in [3.05, 3.63) is 30.1 Å². The number of hydrogen-bond donors (Lipinski definition) is 0. The van der Waals surface area contributed by atoms with Crippen LogP contribution in [0, 0.1) is 23.0 Å². The molecule has 2 fully saturated rings. The van der Waals surface area contributed by atoms with Crippen LogP contribution < -0.4 is 0 Å². The third kappa shape index (κ3) is 5.35. The molecule has 0 N–H and O–H groups in total. The van der Waals surface area contributed by atoms with Crippen molar-refractivity contribution in [3.63, 3.8) is 0 Å². The molecule has 0 amide bonds. The molecule has 216 valence electrons. The smallest absolute Gasteiger partial charge is 0.335 e. The zero-order valence-electron chi connectivity index (χ0n) is 24.1. The highest BCUT2D eigenvalue weighted by molar-refractivity contribution is 6.84. The van der Waals surface area contributed by atoms with E-state index in [9.17, 15) is 14.0 Å². The Labute approximate surface area is 232 Å². The summed E-state index contributed by atoms with van der Waals surface area (Å²) in [5.41, 5.74) is 0.832. The fourth-order valence-electron chi connectivity index (χ4n) is 6.03. The van der Waals surface area contributed by atoms with E-state index in [1.165, 1.54) is 12.4 Å². The highest BCUT2D eigenvalue weighted by Crippen LogP contribution is 2.49. The van der Waals surface area contributed by atoms with Crippen LogP contribution in [0.1, 0.15) is 68.0 Å². The summed E-state index contributed by atoms with van der Waals surface area (Å²) in [5, 5.41) is 9.18. The van der Waals surface area contributed by atoms with Crippen molar-refractivity contribution in [2.45, 2.75) is 109 Å². The fourth-order valence-corrected chi connectivity index (χ4v) is 17.2. The van der Waals surface area contributed by atoms with E-state index in [2.05, 4.69) is 66.4 Å². The van der Waals surface area contributed by atoms with Gasteiger partial charge in [0.05, 0.1) is 37.5 Å². The lowest BCUT2D eigenvalue weighted by Gasteiger charge is -2.51. The van der Waals surface area contributed by atoms with Gasteiger partial charge in [0.1, 0.15) is 29.6 Å². The molecule has 4 atom stereocenters. The molecule has 1 aromatic carbocycles. The van der Waals surface area contributed by atoms with Gasteiger partial charge in [-0.3, -0.25) is 0 Å². The standard InChI is InChI=1S/C27H41F2N3O5Si2/c1-16(2)38(17(3)4)34-14-23-25(36-39(37-38,18(5)6)19(7)8)26(33-11-9-10-30)27(35-23)32-15-31-24-21(29)12-20(28)13-22(24)32/h12-13,15-19,23,25-27H,9,11,14H2,1-8H3/t23-,25-,26-,27-/m1/s1. The first kappa shape index (κ1) is 30.2. The molecule has 1 aromatic heterocycles. The Morgan fingerprint density at radius 2 is 1.69 bits per heavy atom. The SMILES string of the molecule is CC(C)[Si]1(C(C)C)OC[C@H]2O[C@@H](n3cnc4c(F)cc(F)cc43)[C@H](OCCC#N)[C@@H]2O[Si](C(C)C)(C(C)C)O1. The molecule has 2 aliphatic heterocycles. The summed E-state index contributed by atoms with van der Waals surface area (Å²) in [4.78, 5) is 4.20. The van der Waals surface area contributed by atoms with Crippen LogP contribution >= 0.6 is 0 Å². The quantitative estimate of drug-likeness (QED) is 0.261. The summed E-state index contributed by atoms with van der Waals surface area (Å²) in [6, 6.07) is 4.15. The number of benzene rings is 1. The zero-order chi connectivity index (χ0) is 28.7. The van der Waals surface area contributed by atoms with Crippen molar-refractivity contribution in [3.8, 4) is 6.07 Å². The molecule has 39 heavy (non-hydrogen) atoms. The Morgan fingerprint density at radius 1 is 1.05 bits per heavy atom. The average Bonchev–Trinajstić information content (AvgIpc) is 3.39. The van der Waals surface area contributed by atoms with Crippen LogP contribution in [0.25, 0.3) is 11.0 Å². The van der Waals surface area contributed by atoms with Gasteiger partial charge in [0.25, 0.3) is 0 Å². The Hall–Kier alpha value is -1.73. The second-order valence-corrected chi connectivity index (χ2v) is 20.6. The lowest BCUT2D eigenvalue weighted by atomic mass is 10.1. The van der Waals surface area contributed by atoms with E-state index in [1.54, 1.807) is 4.57 Å². The predicted molar refractivity (Wildman–Crippen MR) is 147 cm³/mol. The number of halogens is 2. The summed E-state index contributed by atoms with van der Waals surface area (Å²) in [6.07, 6.45) is -0.966. The minimum absolute atomic E-state index is 0.0414. The molecule has 0 spiro atoms. The van der Waals surface area contributed by atoms with Crippen LogP contribution in [0.3, 0.4) is 0 Å². The first-order valence-electron chi connectivity index (χ1n) is 13.9. The molecular formula is C27H41F2N3O5Si2. The van der Waals surface area contributed by atoms with Crippen molar-refractivity contribution in [1.29, 1.82) is 5.26 Å². The maximum absolute atomic E-state index is 14.5. The maximum atomic E-state index is 14.5. The largest absolute Gasteiger partial charge is 0.414 e. The van der Waals surface area contributed by atoms with Gasteiger partial charge in [-0.2, -0.15) is 5.26 Å². The Bertz CT molecular complexity index is 1190. The van der Waals surface area contributed by atoms with Gasteiger partial charge in [-0.15, -0.1) is 0 Å². The van der Waals surface area contributed by atoms with Gasteiger partial charge < -0.3 is 27.0 Å². The summed E-state index contributed by atoms with van der Waals surface area (Å²) in [5.74, 6) is -1.46. The molecule has 0 radical (unpaired) electrons. The van der Waals surface area contributed by atoms with E-state index in [-0.39, 0.29) is 52.8 Å². The van der Waals surface area contributed by atoms with Crippen molar-refractivity contribution >= 4 is 28.2 Å². The van der Waals surface area contributed by atoms with E-state index >= 15 is 0 Å². The number of rotatable bonds is 8. The summed E-state index contributed by atoms with van der Waals surface area (Å²) in [6.45, 7) is 17.5. The van der Waals surface area contributed by atoms with Crippen molar-refractivity contribution in [2.24, 2.45) is 0 Å². The maximum Gasteiger partial charge on any atom is 0.335 e. The predicted octanol–water partition coefficient (Wildman–Crippen LogP) is 6.47. The third-order valence-corrected chi connectivity index (χ3v) is 18.3. The molecule has 4 rings (SSSR count). The molecule has 2 saturated heterocycles. The molecule has 0 unspecified atom stereocenters. The van der Waals surface area contributed by atoms with Crippen molar-refractivity contribution < 1.29 is 31.2 Å². The van der Waals surface area contributed by atoms with Crippen LogP contribution in [0.4, 0.5) is 8.78 Å². The number of ether oxygens (including phenoxy) is 2. The van der Waals surface area contributed by atoms with Gasteiger partial charge in [0.2, 0.25) is 0 Å². The number of aromatic nitrogens is 2. The first-order chi connectivity index (χ1) is 18.4. The summed E-state index contributed by atoms with van der Waals surface area (Å²) < 4.78 is 64.5. The first-order valence-corrected chi connectivity index (χ1v) is 17.8. The number of nitrogens with zero attached hydrogens (tertiary/aromatic N) is 3. The highest BCUT2D eigenvalue weighted by Gasteiger charge is 2.62. The lowest BCUT2D eigenvalue weighted by molar-refractivity contribution is -0.0680. The summed E-state index contributed by atoms with van der Waals surface area (Å²) in [7, 11) is -5.76. The average molecular weight is 582 g/mol. The fraction of sp³-hybridized carbons (Fsp3) is 0.704. The van der Waals surface area contributed by atoms with Gasteiger partial charge >= 0.3 is 17.1 Å². The lowest BCUT2D eigenvalue weighted by Crippen LogP contribution is -2.66.